The molecule has 1 N–H and O–H groups in total. The molecule has 1 aromatic carbocycles. The summed E-state index contributed by atoms with van der Waals surface area (Å²) >= 11 is 0. The summed E-state index contributed by atoms with van der Waals surface area (Å²) in [6.45, 7) is 2.30. The molecule has 0 aliphatic carbocycles. The number of hydrogen-bond donors (Lipinski definition) is 1. The molecule has 1 aliphatic heterocycles. The van der Waals surface area contributed by atoms with Gasteiger partial charge in [0.15, 0.2) is 0 Å². The fourth-order valence-corrected chi connectivity index (χ4v) is 2.45. The molecule has 1 fully saturated rings. The highest BCUT2D eigenvalue weighted by Crippen LogP contribution is 2.16. The second-order valence-electron chi connectivity index (χ2n) is 4.72. The first-order chi connectivity index (χ1) is 7.34. The molecule has 15 heavy (non-hydrogen) atoms. The van der Waals surface area contributed by atoms with Crippen molar-refractivity contribution >= 4 is 0 Å². The van der Waals surface area contributed by atoms with E-state index in [0.29, 0.717) is 0 Å². The normalized spacial score (nSPS) is 26.5. The highest BCUT2D eigenvalue weighted by molar-refractivity contribution is 5.14. The lowest BCUT2D eigenvalue weighted by Gasteiger charge is -2.28. The zero-order chi connectivity index (χ0) is 10.5. The van der Waals surface area contributed by atoms with E-state index in [1.54, 1.807) is 0 Å². The molecule has 1 heteroatoms. The number of benzene rings is 1. The van der Waals surface area contributed by atoms with E-state index in [-0.39, 0.29) is 0 Å². The molecule has 1 saturated heterocycles. The minimum atomic E-state index is 0.722. The van der Waals surface area contributed by atoms with Crippen LogP contribution in [0.25, 0.3) is 0 Å². The van der Waals surface area contributed by atoms with Gasteiger partial charge in [-0.3, -0.25) is 0 Å². The molecule has 0 unspecified atom stereocenters. The van der Waals surface area contributed by atoms with Gasteiger partial charge in [0.2, 0.25) is 0 Å². The van der Waals surface area contributed by atoms with Crippen molar-refractivity contribution in [2.45, 2.75) is 51.1 Å². The molecular weight excluding hydrogens is 182 g/mol. The predicted octanol–water partition coefficient (Wildman–Crippen LogP) is 3.15. The third kappa shape index (κ3) is 3.35. The first-order valence-corrected chi connectivity index (χ1v) is 6.14. The smallest absolute Gasteiger partial charge is 0.00727 e. The topological polar surface area (TPSA) is 12.0 Å². The Morgan fingerprint density at radius 3 is 2.73 bits per heavy atom. The van der Waals surface area contributed by atoms with E-state index in [1.165, 1.54) is 37.7 Å². The van der Waals surface area contributed by atoms with Gasteiger partial charge in [0.05, 0.1) is 0 Å². The maximum absolute atomic E-state index is 3.69. The average Bonchev–Trinajstić information content (AvgIpc) is 2.28. The van der Waals surface area contributed by atoms with E-state index < -0.39 is 0 Å². The highest BCUT2D eigenvalue weighted by Gasteiger charge is 2.16. The molecular formula is C14H21N. The lowest BCUT2D eigenvalue weighted by molar-refractivity contribution is 0.322. The van der Waals surface area contributed by atoms with Crippen molar-refractivity contribution in [1.29, 1.82) is 0 Å². The third-order valence-electron chi connectivity index (χ3n) is 3.33. The summed E-state index contributed by atoms with van der Waals surface area (Å²) in [7, 11) is 0. The number of aryl methyl sites for hydroxylation is 1. The van der Waals surface area contributed by atoms with E-state index in [2.05, 4.69) is 42.6 Å². The van der Waals surface area contributed by atoms with Crippen molar-refractivity contribution in [3.05, 3.63) is 35.9 Å². The average molecular weight is 203 g/mol. The van der Waals surface area contributed by atoms with E-state index in [1.807, 2.05) is 0 Å². The van der Waals surface area contributed by atoms with Crippen molar-refractivity contribution in [2.75, 3.05) is 0 Å². The molecule has 0 aromatic heterocycles. The second kappa shape index (κ2) is 5.32. The lowest BCUT2D eigenvalue weighted by atomic mass is 9.95. The van der Waals surface area contributed by atoms with Crippen LogP contribution in [0, 0.1) is 0 Å². The molecule has 2 atom stereocenters. The molecule has 0 radical (unpaired) electrons. The van der Waals surface area contributed by atoms with E-state index in [0.717, 1.165) is 12.1 Å². The Labute approximate surface area is 92.9 Å². The monoisotopic (exact) mass is 203 g/mol. The summed E-state index contributed by atoms with van der Waals surface area (Å²) in [6.07, 6.45) is 6.60. The number of rotatable bonds is 3. The van der Waals surface area contributed by atoms with Crippen LogP contribution in [0.5, 0.6) is 0 Å². The van der Waals surface area contributed by atoms with E-state index >= 15 is 0 Å². The van der Waals surface area contributed by atoms with Crippen LogP contribution in [0.2, 0.25) is 0 Å². The van der Waals surface area contributed by atoms with Gasteiger partial charge < -0.3 is 5.32 Å². The standard InChI is InChI=1S/C14H21N/c1-12-6-5-9-14(15-12)11-10-13-7-3-2-4-8-13/h2-4,7-8,12,14-15H,5-6,9-11H2,1H3/t12-,14+/m0/s1. The van der Waals surface area contributed by atoms with Crippen LogP contribution in [0.4, 0.5) is 0 Å². The van der Waals surface area contributed by atoms with Gasteiger partial charge in [-0.25, -0.2) is 0 Å². The van der Waals surface area contributed by atoms with Crippen LogP contribution in [-0.4, -0.2) is 12.1 Å². The van der Waals surface area contributed by atoms with Gasteiger partial charge in [-0.1, -0.05) is 36.8 Å². The molecule has 1 aromatic rings. The zero-order valence-electron chi connectivity index (χ0n) is 9.58. The van der Waals surface area contributed by atoms with Crippen LogP contribution in [0.3, 0.4) is 0 Å². The van der Waals surface area contributed by atoms with Crippen molar-refractivity contribution in [3.8, 4) is 0 Å². The largest absolute Gasteiger partial charge is 0.311 e. The maximum atomic E-state index is 3.69. The zero-order valence-corrected chi connectivity index (χ0v) is 9.58. The minimum absolute atomic E-state index is 0.722. The minimum Gasteiger partial charge on any atom is -0.311 e. The SMILES string of the molecule is C[C@H]1CCC[C@H](CCc2ccccc2)N1. The summed E-state index contributed by atoms with van der Waals surface area (Å²) in [5.41, 5.74) is 1.47. The number of piperidine rings is 1. The Morgan fingerprint density at radius 2 is 2.00 bits per heavy atom. The van der Waals surface area contributed by atoms with Crippen LogP contribution in [0.15, 0.2) is 30.3 Å². The molecule has 0 amide bonds. The van der Waals surface area contributed by atoms with Gasteiger partial charge >= 0.3 is 0 Å². The summed E-state index contributed by atoms with van der Waals surface area (Å²) < 4.78 is 0. The van der Waals surface area contributed by atoms with Gasteiger partial charge in [-0.05, 0) is 38.2 Å². The van der Waals surface area contributed by atoms with E-state index in [4.69, 9.17) is 0 Å². The second-order valence-corrected chi connectivity index (χ2v) is 4.72. The first kappa shape index (κ1) is 10.7. The Hall–Kier alpha value is -0.820. The summed E-state index contributed by atoms with van der Waals surface area (Å²) in [5, 5.41) is 3.69. The Kier molecular flexibility index (Phi) is 3.79. The van der Waals surface area contributed by atoms with Gasteiger partial charge in [-0.2, -0.15) is 0 Å². The Bertz CT molecular complexity index is 281. The van der Waals surface area contributed by atoms with Gasteiger partial charge in [0, 0.05) is 12.1 Å². The Morgan fingerprint density at radius 1 is 1.20 bits per heavy atom. The summed E-state index contributed by atoms with van der Waals surface area (Å²) in [5.74, 6) is 0. The maximum Gasteiger partial charge on any atom is 0.00727 e. The molecule has 1 aliphatic rings. The fourth-order valence-electron chi connectivity index (χ4n) is 2.45. The van der Waals surface area contributed by atoms with E-state index in [9.17, 15) is 0 Å². The van der Waals surface area contributed by atoms with Gasteiger partial charge in [0.1, 0.15) is 0 Å². The van der Waals surface area contributed by atoms with Gasteiger partial charge in [-0.15, -0.1) is 0 Å². The number of nitrogens with one attached hydrogen (secondary N) is 1. The molecule has 2 rings (SSSR count). The quantitative estimate of drug-likeness (QED) is 0.795. The predicted molar refractivity (Wildman–Crippen MR) is 65.0 cm³/mol. The van der Waals surface area contributed by atoms with Gasteiger partial charge in [0.25, 0.3) is 0 Å². The summed E-state index contributed by atoms with van der Waals surface area (Å²) in [6, 6.07) is 12.3. The van der Waals surface area contributed by atoms with Crippen LogP contribution < -0.4 is 5.32 Å². The molecule has 82 valence electrons. The van der Waals surface area contributed by atoms with Crippen LogP contribution in [0.1, 0.15) is 38.2 Å². The lowest BCUT2D eigenvalue weighted by Crippen LogP contribution is -2.40. The van der Waals surface area contributed by atoms with Crippen molar-refractivity contribution in [2.24, 2.45) is 0 Å². The third-order valence-corrected chi connectivity index (χ3v) is 3.33. The van der Waals surface area contributed by atoms with Crippen molar-refractivity contribution in [3.63, 3.8) is 0 Å². The number of hydrogen-bond acceptors (Lipinski definition) is 1. The molecule has 1 heterocycles. The molecule has 0 saturated carbocycles. The van der Waals surface area contributed by atoms with Crippen LogP contribution >= 0.6 is 0 Å². The first-order valence-electron chi connectivity index (χ1n) is 6.14. The highest BCUT2D eigenvalue weighted by atomic mass is 15.0. The fraction of sp³-hybridized carbons (Fsp3) is 0.571. The summed E-state index contributed by atoms with van der Waals surface area (Å²) in [4.78, 5) is 0. The van der Waals surface area contributed by atoms with Crippen LogP contribution in [-0.2, 0) is 6.42 Å². The molecule has 0 spiro atoms. The Balaban J connectivity index is 1.78. The molecule has 0 bridgehead atoms. The van der Waals surface area contributed by atoms with Crippen molar-refractivity contribution in [1.82, 2.24) is 5.32 Å². The molecule has 1 nitrogen and oxygen atoms in total. The van der Waals surface area contributed by atoms with Crippen molar-refractivity contribution < 1.29 is 0 Å².